The molecule has 6 nitrogen and oxygen atoms in total. The first-order chi connectivity index (χ1) is 8.62. The molecular formula is C12H16N2O4. The number of benzene rings is 1. The van der Waals surface area contributed by atoms with Crippen LogP contribution in [-0.2, 0) is 0 Å². The van der Waals surface area contributed by atoms with Crippen molar-refractivity contribution < 1.29 is 14.8 Å². The van der Waals surface area contributed by atoms with Gasteiger partial charge in [0.2, 0.25) is 0 Å². The van der Waals surface area contributed by atoms with Crippen LogP contribution in [0.4, 0.5) is 11.4 Å². The molecule has 0 bridgehead atoms. The van der Waals surface area contributed by atoms with E-state index in [2.05, 4.69) is 6.58 Å². The SMILES string of the molecule is C=CCN(CCO)c1cc(OC)cc([N+](=O)[O-])c1. The highest BCUT2D eigenvalue weighted by atomic mass is 16.6. The Hall–Kier alpha value is -2.08. The summed E-state index contributed by atoms with van der Waals surface area (Å²) in [4.78, 5) is 12.1. The van der Waals surface area contributed by atoms with Crippen molar-refractivity contribution in [3.63, 3.8) is 0 Å². The molecule has 0 aliphatic rings. The zero-order valence-electron chi connectivity index (χ0n) is 10.2. The van der Waals surface area contributed by atoms with Crippen LogP contribution in [0.2, 0.25) is 0 Å². The fourth-order valence-electron chi connectivity index (χ4n) is 1.58. The number of nitro groups is 1. The van der Waals surface area contributed by atoms with Crippen LogP contribution in [0.15, 0.2) is 30.9 Å². The van der Waals surface area contributed by atoms with Crippen LogP contribution in [0.1, 0.15) is 0 Å². The molecule has 1 aromatic rings. The number of methoxy groups -OCH3 is 1. The van der Waals surface area contributed by atoms with Crippen LogP contribution < -0.4 is 9.64 Å². The fraction of sp³-hybridized carbons (Fsp3) is 0.333. The van der Waals surface area contributed by atoms with Crippen molar-refractivity contribution in [1.82, 2.24) is 0 Å². The quantitative estimate of drug-likeness (QED) is 0.453. The van der Waals surface area contributed by atoms with Gasteiger partial charge in [0, 0.05) is 30.9 Å². The maximum atomic E-state index is 10.8. The lowest BCUT2D eigenvalue weighted by Crippen LogP contribution is -2.26. The van der Waals surface area contributed by atoms with Crippen molar-refractivity contribution in [2.75, 3.05) is 31.7 Å². The number of nitro benzene ring substituents is 1. The first-order valence-electron chi connectivity index (χ1n) is 5.42. The normalized spacial score (nSPS) is 9.89. The molecule has 0 spiro atoms. The van der Waals surface area contributed by atoms with Crippen molar-refractivity contribution in [3.8, 4) is 5.75 Å². The van der Waals surface area contributed by atoms with Crippen LogP contribution >= 0.6 is 0 Å². The average Bonchev–Trinajstić information content (AvgIpc) is 2.37. The Balaban J connectivity index is 3.14. The van der Waals surface area contributed by atoms with Crippen molar-refractivity contribution in [2.45, 2.75) is 0 Å². The summed E-state index contributed by atoms with van der Waals surface area (Å²) in [5.74, 6) is 0.409. The third kappa shape index (κ3) is 3.46. The molecule has 18 heavy (non-hydrogen) atoms. The molecule has 1 aromatic carbocycles. The van der Waals surface area contributed by atoms with Gasteiger partial charge in [0.15, 0.2) is 0 Å². The molecule has 1 N–H and O–H groups in total. The Labute approximate surface area is 105 Å². The molecule has 0 aliphatic carbocycles. The molecule has 0 heterocycles. The predicted molar refractivity (Wildman–Crippen MR) is 69.1 cm³/mol. The van der Waals surface area contributed by atoms with Gasteiger partial charge in [-0.15, -0.1) is 6.58 Å². The molecule has 1 rings (SSSR count). The number of hydrogen-bond acceptors (Lipinski definition) is 5. The number of rotatable bonds is 7. The van der Waals surface area contributed by atoms with E-state index in [0.29, 0.717) is 24.5 Å². The van der Waals surface area contributed by atoms with Crippen LogP contribution in [0.25, 0.3) is 0 Å². The van der Waals surface area contributed by atoms with E-state index in [1.54, 1.807) is 17.0 Å². The van der Waals surface area contributed by atoms with Crippen molar-refractivity contribution in [1.29, 1.82) is 0 Å². The first-order valence-corrected chi connectivity index (χ1v) is 5.42. The first kappa shape index (κ1) is 14.0. The molecule has 0 aromatic heterocycles. The second-order valence-electron chi connectivity index (χ2n) is 3.60. The van der Waals surface area contributed by atoms with Gasteiger partial charge in [0.1, 0.15) is 5.75 Å². The van der Waals surface area contributed by atoms with Gasteiger partial charge in [-0.2, -0.15) is 0 Å². The maximum absolute atomic E-state index is 10.8. The summed E-state index contributed by atoms with van der Waals surface area (Å²) >= 11 is 0. The number of non-ortho nitro benzene ring substituents is 1. The van der Waals surface area contributed by atoms with Gasteiger partial charge in [0.25, 0.3) is 5.69 Å². The Morgan fingerprint density at radius 1 is 1.56 bits per heavy atom. The largest absolute Gasteiger partial charge is 0.496 e. The molecule has 0 fully saturated rings. The van der Waals surface area contributed by atoms with Crippen molar-refractivity contribution in [3.05, 3.63) is 41.0 Å². The van der Waals surface area contributed by atoms with Gasteiger partial charge in [-0.3, -0.25) is 10.1 Å². The predicted octanol–water partition coefficient (Wildman–Crippen LogP) is 1.59. The topological polar surface area (TPSA) is 75.8 Å². The Morgan fingerprint density at radius 3 is 2.78 bits per heavy atom. The molecule has 0 saturated carbocycles. The summed E-state index contributed by atoms with van der Waals surface area (Å²) in [7, 11) is 1.45. The monoisotopic (exact) mass is 252 g/mol. The van der Waals surface area contributed by atoms with Crippen LogP contribution in [0.5, 0.6) is 5.75 Å². The summed E-state index contributed by atoms with van der Waals surface area (Å²) in [6, 6.07) is 4.49. The van der Waals surface area contributed by atoms with E-state index >= 15 is 0 Å². The van der Waals surface area contributed by atoms with E-state index in [1.807, 2.05) is 0 Å². The highest BCUT2D eigenvalue weighted by Gasteiger charge is 2.13. The Bertz CT molecular complexity index is 434. The summed E-state index contributed by atoms with van der Waals surface area (Å²) in [6.07, 6.45) is 1.67. The third-order valence-corrected chi connectivity index (χ3v) is 2.41. The highest BCUT2D eigenvalue weighted by Crippen LogP contribution is 2.28. The lowest BCUT2D eigenvalue weighted by molar-refractivity contribution is -0.384. The number of hydrogen-bond donors (Lipinski definition) is 1. The Morgan fingerprint density at radius 2 is 2.28 bits per heavy atom. The summed E-state index contributed by atoms with van der Waals surface area (Å²) in [5, 5.41) is 19.8. The van der Waals surface area contributed by atoms with E-state index in [0.717, 1.165) is 0 Å². The molecule has 0 radical (unpaired) electrons. The van der Waals surface area contributed by atoms with Gasteiger partial charge in [0.05, 0.1) is 24.7 Å². The maximum Gasteiger partial charge on any atom is 0.275 e. The second kappa shape index (κ2) is 6.61. The van der Waals surface area contributed by atoms with E-state index in [1.165, 1.54) is 19.2 Å². The number of aliphatic hydroxyl groups is 1. The molecule has 0 amide bonds. The second-order valence-corrected chi connectivity index (χ2v) is 3.60. The zero-order chi connectivity index (χ0) is 13.5. The van der Waals surface area contributed by atoms with Gasteiger partial charge in [-0.05, 0) is 0 Å². The molecule has 0 aliphatic heterocycles. The number of aliphatic hydroxyl groups excluding tert-OH is 1. The van der Waals surface area contributed by atoms with Crippen LogP contribution in [0.3, 0.4) is 0 Å². The Kier molecular flexibility index (Phi) is 5.13. The smallest absolute Gasteiger partial charge is 0.275 e. The molecule has 0 unspecified atom stereocenters. The highest BCUT2D eigenvalue weighted by molar-refractivity contribution is 5.58. The minimum absolute atomic E-state index is 0.0428. The number of nitrogens with zero attached hydrogens (tertiary/aromatic N) is 2. The molecule has 6 heteroatoms. The van der Waals surface area contributed by atoms with Gasteiger partial charge in [-0.25, -0.2) is 0 Å². The van der Waals surface area contributed by atoms with Gasteiger partial charge >= 0.3 is 0 Å². The molecular weight excluding hydrogens is 236 g/mol. The minimum Gasteiger partial charge on any atom is -0.496 e. The third-order valence-electron chi connectivity index (χ3n) is 2.41. The van der Waals surface area contributed by atoms with Crippen LogP contribution in [0, 0.1) is 10.1 Å². The summed E-state index contributed by atoms with van der Waals surface area (Å²) < 4.78 is 5.03. The van der Waals surface area contributed by atoms with E-state index in [9.17, 15) is 10.1 Å². The van der Waals surface area contributed by atoms with E-state index < -0.39 is 4.92 Å². The molecule has 0 atom stereocenters. The van der Waals surface area contributed by atoms with E-state index in [4.69, 9.17) is 9.84 Å². The number of anilines is 1. The van der Waals surface area contributed by atoms with Crippen LogP contribution in [-0.4, -0.2) is 36.8 Å². The minimum atomic E-state index is -0.475. The summed E-state index contributed by atoms with van der Waals surface area (Å²) in [5.41, 5.74) is 0.575. The van der Waals surface area contributed by atoms with Gasteiger partial charge in [-0.1, -0.05) is 6.08 Å². The zero-order valence-corrected chi connectivity index (χ0v) is 10.2. The standard InChI is InChI=1S/C12H16N2O4/c1-3-4-13(5-6-15)10-7-11(14(16)17)9-12(8-10)18-2/h3,7-9,15H,1,4-6H2,2H3. The lowest BCUT2D eigenvalue weighted by Gasteiger charge is -2.22. The molecule has 98 valence electrons. The van der Waals surface area contributed by atoms with E-state index in [-0.39, 0.29) is 12.3 Å². The van der Waals surface area contributed by atoms with Gasteiger partial charge < -0.3 is 14.7 Å². The average molecular weight is 252 g/mol. The fourth-order valence-corrected chi connectivity index (χ4v) is 1.58. The van der Waals surface area contributed by atoms with Crippen molar-refractivity contribution in [2.24, 2.45) is 0 Å². The summed E-state index contributed by atoms with van der Waals surface area (Å²) in [6.45, 7) is 4.44. The lowest BCUT2D eigenvalue weighted by atomic mass is 10.2. The number of ether oxygens (including phenoxy) is 1. The van der Waals surface area contributed by atoms with Crippen molar-refractivity contribution >= 4 is 11.4 Å². The molecule has 0 saturated heterocycles.